The van der Waals surface area contributed by atoms with E-state index in [0.29, 0.717) is 32.5 Å². The second kappa shape index (κ2) is 7.36. The van der Waals surface area contributed by atoms with Crippen molar-refractivity contribution < 1.29 is 18.0 Å². The van der Waals surface area contributed by atoms with E-state index in [2.05, 4.69) is 10.2 Å². The topological polar surface area (TPSA) is 129 Å². The van der Waals surface area contributed by atoms with Crippen LogP contribution in [0.15, 0.2) is 6.07 Å². The van der Waals surface area contributed by atoms with E-state index in [1.165, 1.54) is 10.6 Å². The molecule has 10 heteroatoms. The number of carbonyl (C=O) groups excluding carboxylic acids is 2. The average Bonchev–Trinajstić information content (AvgIpc) is 3.11. The minimum Gasteiger partial charge on any atom is -0.364 e. The minimum atomic E-state index is -3.21. The monoisotopic (exact) mass is 383 g/mol. The number of H-pyrrole nitrogens is 1. The number of sulfonamides is 1. The second-order valence-electron chi connectivity index (χ2n) is 7.05. The van der Waals surface area contributed by atoms with Crippen molar-refractivity contribution in [3.05, 3.63) is 17.5 Å². The van der Waals surface area contributed by atoms with Crippen molar-refractivity contribution in [2.75, 3.05) is 25.9 Å². The smallest absolute Gasteiger partial charge is 0.269 e. The average molecular weight is 383 g/mol. The highest BCUT2D eigenvalue weighted by Gasteiger charge is 2.36. The molecule has 2 aliphatic heterocycles. The number of aromatic amines is 1. The zero-order valence-electron chi connectivity index (χ0n) is 14.8. The fourth-order valence-corrected chi connectivity index (χ4v) is 4.70. The second-order valence-corrected chi connectivity index (χ2v) is 9.03. The van der Waals surface area contributed by atoms with Crippen LogP contribution >= 0.6 is 0 Å². The normalized spacial score (nSPS) is 23.1. The zero-order chi connectivity index (χ0) is 18.9. The Balaban J connectivity index is 1.71. The molecule has 0 bridgehead atoms. The molecule has 0 unspecified atom stereocenters. The van der Waals surface area contributed by atoms with Gasteiger partial charge in [-0.1, -0.05) is 0 Å². The number of amides is 2. The number of likely N-dealkylation sites (tertiary alicyclic amines) is 1. The third-order valence-electron chi connectivity index (χ3n) is 5.27. The van der Waals surface area contributed by atoms with Gasteiger partial charge in [-0.2, -0.15) is 5.10 Å². The van der Waals surface area contributed by atoms with E-state index in [1.807, 2.05) is 4.90 Å². The molecular formula is C16H25N5O4S. The Labute approximate surface area is 153 Å². The van der Waals surface area contributed by atoms with Crippen LogP contribution in [0.4, 0.5) is 0 Å². The van der Waals surface area contributed by atoms with Gasteiger partial charge in [0.2, 0.25) is 15.9 Å². The van der Waals surface area contributed by atoms with Crippen LogP contribution in [-0.2, 0) is 14.8 Å². The summed E-state index contributed by atoms with van der Waals surface area (Å²) in [6.07, 6.45) is 4.99. The van der Waals surface area contributed by atoms with E-state index in [-0.39, 0.29) is 23.6 Å². The van der Waals surface area contributed by atoms with Gasteiger partial charge < -0.3 is 10.6 Å². The number of hydrogen-bond donors (Lipinski definition) is 2. The molecule has 3 N–H and O–H groups in total. The van der Waals surface area contributed by atoms with Crippen LogP contribution in [0.3, 0.4) is 0 Å². The molecule has 1 aromatic rings. The number of carbonyl (C=O) groups is 2. The number of primary amides is 1. The van der Waals surface area contributed by atoms with Crippen molar-refractivity contribution in [2.45, 2.75) is 38.1 Å². The van der Waals surface area contributed by atoms with E-state index in [1.54, 1.807) is 6.07 Å². The summed E-state index contributed by atoms with van der Waals surface area (Å²) in [5.74, 6) is -0.723. The van der Waals surface area contributed by atoms with Gasteiger partial charge in [-0.15, -0.1) is 0 Å². The van der Waals surface area contributed by atoms with Gasteiger partial charge in [-0.05, 0) is 38.2 Å². The zero-order valence-corrected chi connectivity index (χ0v) is 15.7. The van der Waals surface area contributed by atoms with E-state index in [0.717, 1.165) is 25.0 Å². The Bertz CT molecular complexity index is 782. The Kier molecular flexibility index (Phi) is 5.33. The highest BCUT2D eigenvalue weighted by atomic mass is 32.2. The lowest BCUT2D eigenvalue weighted by Crippen LogP contribution is -2.46. The lowest BCUT2D eigenvalue weighted by atomic mass is 9.92. The van der Waals surface area contributed by atoms with Gasteiger partial charge in [-0.25, -0.2) is 12.7 Å². The highest BCUT2D eigenvalue weighted by molar-refractivity contribution is 7.88. The van der Waals surface area contributed by atoms with Gasteiger partial charge in [0.1, 0.15) is 5.69 Å². The van der Waals surface area contributed by atoms with Crippen LogP contribution in [-0.4, -0.2) is 65.5 Å². The molecule has 2 amide bonds. The third-order valence-corrected chi connectivity index (χ3v) is 6.57. The number of nitrogens with zero attached hydrogens (tertiary/aromatic N) is 3. The molecule has 2 fully saturated rings. The summed E-state index contributed by atoms with van der Waals surface area (Å²) in [5, 5.41) is 6.76. The molecule has 0 radical (unpaired) electrons. The van der Waals surface area contributed by atoms with Crippen molar-refractivity contribution in [1.82, 2.24) is 19.4 Å². The Morgan fingerprint density at radius 1 is 1.19 bits per heavy atom. The molecule has 3 heterocycles. The van der Waals surface area contributed by atoms with Gasteiger partial charge in [0.05, 0.1) is 18.0 Å². The van der Waals surface area contributed by atoms with Gasteiger partial charge in [0.25, 0.3) is 5.91 Å². The maximum Gasteiger partial charge on any atom is 0.269 e. The molecule has 1 atom stereocenters. The van der Waals surface area contributed by atoms with Crippen molar-refractivity contribution in [3.63, 3.8) is 0 Å². The van der Waals surface area contributed by atoms with Crippen molar-refractivity contribution >= 4 is 21.8 Å². The van der Waals surface area contributed by atoms with Crippen molar-refractivity contribution in [1.29, 1.82) is 0 Å². The lowest BCUT2D eigenvalue weighted by molar-refractivity contribution is -0.140. The summed E-state index contributed by atoms with van der Waals surface area (Å²) >= 11 is 0. The molecule has 2 saturated heterocycles. The molecule has 0 saturated carbocycles. The van der Waals surface area contributed by atoms with Crippen molar-refractivity contribution in [3.8, 4) is 0 Å². The van der Waals surface area contributed by atoms with Gasteiger partial charge in [0.15, 0.2) is 0 Å². The first-order valence-corrected chi connectivity index (χ1v) is 10.7. The largest absolute Gasteiger partial charge is 0.364 e. The molecule has 1 aromatic heterocycles. The minimum absolute atomic E-state index is 0.0538. The SMILES string of the molecule is CS(=O)(=O)N1CCC(C(=O)N2CCCC[C@H]2c2cc(C(N)=O)n[nH]2)CC1. The fourth-order valence-electron chi connectivity index (χ4n) is 3.82. The van der Waals surface area contributed by atoms with E-state index in [9.17, 15) is 18.0 Å². The van der Waals surface area contributed by atoms with Crippen LogP contribution in [0.1, 0.15) is 54.3 Å². The fraction of sp³-hybridized carbons (Fsp3) is 0.688. The van der Waals surface area contributed by atoms with Crippen LogP contribution < -0.4 is 5.73 Å². The van der Waals surface area contributed by atoms with Crippen LogP contribution in [0, 0.1) is 5.92 Å². The van der Waals surface area contributed by atoms with Crippen LogP contribution in [0.2, 0.25) is 0 Å². The summed E-state index contributed by atoms with van der Waals surface area (Å²) < 4.78 is 24.7. The Morgan fingerprint density at radius 2 is 1.88 bits per heavy atom. The Morgan fingerprint density at radius 3 is 2.46 bits per heavy atom. The number of nitrogens with two attached hydrogens (primary N) is 1. The number of nitrogens with one attached hydrogen (secondary N) is 1. The number of hydrogen-bond acceptors (Lipinski definition) is 5. The first kappa shape index (κ1) is 18.8. The predicted molar refractivity (Wildman–Crippen MR) is 94.6 cm³/mol. The molecule has 144 valence electrons. The summed E-state index contributed by atoms with van der Waals surface area (Å²) in [5.41, 5.74) is 6.15. The maximum atomic E-state index is 13.1. The third kappa shape index (κ3) is 3.90. The highest BCUT2D eigenvalue weighted by Crippen LogP contribution is 2.33. The van der Waals surface area contributed by atoms with Crippen LogP contribution in [0.5, 0.6) is 0 Å². The van der Waals surface area contributed by atoms with Gasteiger partial charge >= 0.3 is 0 Å². The van der Waals surface area contributed by atoms with E-state index >= 15 is 0 Å². The predicted octanol–water partition coefficient (Wildman–Crippen LogP) is 0.234. The quantitative estimate of drug-likeness (QED) is 0.769. The summed E-state index contributed by atoms with van der Waals surface area (Å²) in [7, 11) is -3.21. The first-order chi connectivity index (χ1) is 12.3. The van der Waals surface area contributed by atoms with Crippen LogP contribution in [0.25, 0.3) is 0 Å². The molecular weight excluding hydrogens is 358 g/mol. The summed E-state index contributed by atoms with van der Waals surface area (Å²) in [4.78, 5) is 26.2. The molecule has 0 aliphatic carbocycles. The molecule has 2 aliphatic rings. The number of rotatable bonds is 4. The Hall–Kier alpha value is -1.94. The van der Waals surface area contributed by atoms with Gasteiger partial charge in [-0.3, -0.25) is 14.7 Å². The molecule has 0 spiro atoms. The standard InChI is InChI=1S/C16H25N5O4S/c1-26(24,25)20-8-5-11(6-9-20)16(23)21-7-3-2-4-14(21)12-10-13(15(17)22)19-18-12/h10-11,14H,2-9H2,1H3,(H2,17,22)(H,18,19)/t14-/m0/s1. The van der Waals surface area contributed by atoms with Crippen molar-refractivity contribution in [2.24, 2.45) is 11.7 Å². The molecule has 0 aromatic carbocycles. The van der Waals surface area contributed by atoms with E-state index < -0.39 is 15.9 Å². The lowest BCUT2D eigenvalue weighted by Gasteiger charge is -2.39. The number of aromatic nitrogens is 2. The molecule has 26 heavy (non-hydrogen) atoms. The molecule has 3 rings (SSSR count). The summed E-state index contributed by atoms with van der Waals surface area (Å²) in [6.45, 7) is 1.41. The summed E-state index contributed by atoms with van der Waals surface area (Å²) in [6, 6.07) is 1.47. The number of piperidine rings is 2. The van der Waals surface area contributed by atoms with E-state index in [4.69, 9.17) is 5.73 Å². The maximum absolute atomic E-state index is 13.1. The van der Waals surface area contributed by atoms with Gasteiger partial charge in [0, 0.05) is 25.6 Å². The molecule has 9 nitrogen and oxygen atoms in total. The first-order valence-electron chi connectivity index (χ1n) is 8.88.